The molecule has 0 N–H and O–H groups in total. The zero-order valence-electron chi connectivity index (χ0n) is 18.1. The number of nitrogens with zero attached hydrogens (tertiary/aromatic N) is 2. The number of halogens is 3. The first kappa shape index (κ1) is 22.6. The van der Waals surface area contributed by atoms with Crippen LogP contribution in [0.1, 0.15) is 24.5 Å². The van der Waals surface area contributed by atoms with Gasteiger partial charge in [0.1, 0.15) is 11.6 Å². The molecule has 0 aliphatic rings. The van der Waals surface area contributed by atoms with Crippen molar-refractivity contribution in [1.82, 2.24) is 9.97 Å². The molecule has 0 aliphatic heterocycles. The fourth-order valence-corrected chi connectivity index (χ4v) is 3.55. The zero-order valence-corrected chi connectivity index (χ0v) is 18.1. The van der Waals surface area contributed by atoms with Gasteiger partial charge in [0.15, 0.2) is 11.6 Å². The number of fused-ring (bicyclic) bond motifs is 1. The van der Waals surface area contributed by atoms with Crippen molar-refractivity contribution in [1.29, 1.82) is 0 Å². The Kier molecular flexibility index (Phi) is 7.07. The predicted octanol–water partition coefficient (Wildman–Crippen LogP) is 6.61. The van der Waals surface area contributed by atoms with Crippen LogP contribution in [0.3, 0.4) is 0 Å². The number of aromatic nitrogens is 2. The number of aryl methyl sites for hydroxylation is 2. The van der Waals surface area contributed by atoms with Crippen molar-refractivity contribution >= 4 is 10.8 Å². The summed E-state index contributed by atoms with van der Waals surface area (Å²) in [6, 6.07) is 15.5. The molecule has 0 amide bonds. The molecule has 7 heteroatoms. The second-order valence-corrected chi connectivity index (χ2v) is 7.59. The van der Waals surface area contributed by atoms with E-state index in [0.29, 0.717) is 42.0 Å². The maximum Gasteiger partial charge on any atom is 0.387 e. The summed E-state index contributed by atoms with van der Waals surface area (Å²) in [5.41, 5.74) is 2.30. The maximum atomic E-state index is 15.1. The van der Waals surface area contributed by atoms with E-state index in [9.17, 15) is 8.78 Å². The summed E-state index contributed by atoms with van der Waals surface area (Å²) in [5, 5.41) is 1.29. The van der Waals surface area contributed by atoms with Crippen LogP contribution < -0.4 is 9.47 Å². The summed E-state index contributed by atoms with van der Waals surface area (Å²) in [5.74, 6) is 1.01. The summed E-state index contributed by atoms with van der Waals surface area (Å²) >= 11 is 0. The van der Waals surface area contributed by atoms with E-state index in [1.165, 1.54) is 12.1 Å². The molecule has 3 aromatic carbocycles. The second-order valence-electron chi connectivity index (χ2n) is 7.59. The highest BCUT2D eigenvalue weighted by molar-refractivity contribution is 5.87. The molecule has 0 bridgehead atoms. The topological polar surface area (TPSA) is 44.2 Å². The zero-order chi connectivity index (χ0) is 23.2. The van der Waals surface area contributed by atoms with Crippen LogP contribution in [0.4, 0.5) is 13.2 Å². The molecule has 1 heterocycles. The van der Waals surface area contributed by atoms with Gasteiger partial charge in [0.2, 0.25) is 0 Å². The van der Waals surface area contributed by atoms with Gasteiger partial charge < -0.3 is 9.47 Å². The Morgan fingerprint density at radius 3 is 2.33 bits per heavy atom. The minimum absolute atomic E-state index is 0.105. The molecule has 33 heavy (non-hydrogen) atoms. The molecule has 0 saturated carbocycles. The van der Waals surface area contributed by atoms with Gasteiger partial charge in [-0.2, -0.15) is 8.78 Å². The van der Waals surface area contributed by atoms with E-state index in [2.05, 4.69) is 14.7 Å². The lowest BCUT2D eigenvalue weighted by molar-refractivity contribution is -0.0498. The van der Waals surface area contributed by atoms with Crippen LogP contribution in [0.5, 0.6) is 11.5 Å². The SMILES string of the molecule is CCCOc1cnc(-c2ccc3c(F)c(CCc4ccc(OC(F)F)cc4)ccc3c2)nc1. The monoisotopic (exact) mass is 452 g/mol. The molecule has 4 aromatic rings. The molecule has 0 fully saturated rings. The van der Waals surface area contributed by atoms with Crippen molar-refractivity contribution in [3.63, 3.8) is 0 Å². The number of alkyl halides is 2. The van der Waals surface area contributed by atoms with Gasteiger partial charge in [-0.25, -0.2) is 14.4 Å². The van der Waals surface area contributed by atoms with Crippen LogP contribution in [-0.4, -0.2) is 23.2 Å². The van der Waals surface area contributed by atoms with Crippen molar-refractivity contribution < 1.29 is 22.6 Å². The van der Waals surface area contributed by atoms with Gasteiger partial charge in [0.05, 0.1) is 19.0 Å². The van der Waals surface area contributed by atoms with Gasteiger partial charge in [-0.15, -0.1) is 0 Å². The van der Waals surface area contributed by atoms with Crippen molar-refractivity contribution in [2.24, 2.45) is 0 Å². The highest BCUT2D eigenvalue weighted by Gasteiger charge is 2.11. The lowest BCUT2D eigenvalue weighted by Gasteiger charge is -2.09. The Labute approximate surface area is 190 Å². The molecule has 170 valence electrons. The van der Waals surface area contributed by atoms with E-state index < -0.39 is 6.61 Å². The number of ether oxygens (including phenoxy) is 2. The largest absolute Gasteiger partial charge is 0.490 e. The Morgan fingerprint density at radius 2 is 1.64 bits per heavy atom. The summed E-state index contributed by atoms with van der Waals surface area (Å²) in [4.78, 5) is 8.71. The van der Waals surface area contributed by atoms with Gasteiger partial charge in [-0.05, 0) is 54.0 Å². The highest BCUT2D eigenvalue weighted by atomic mass is 19.3. The van der Waals surface area contributed by atoms with Crippen LogP contribution >= 0.6 is 0 Å². The van der Waals surface area contributed by atoms with E-state index >= 15 is 4.39 Å². The number of benzene rings is 3. The third kappa shape index (κ3) is 5.61. The molecule has 4 rings (SSSR count). The maximum absolute atomic E-state index is 15.1. The molecular formula is C26H23F3N2O2. The van der Waals surface area contributed by atoms with Crippen LogP contribution in [0.15, 0.2) is 67.0 Å². The van der Waals surface area contributed by atoms with E-state index in [1.54, 1.807) is 42.7 Å². The molecule has 1 aromatic heterocycles. The van der Waals surface area contributed by atoms with E-state index in [1.807, 2.05) is 19.1 Å². The summed E-state index contributed by atoms with van der Waals surface area (Å²) in [6.07, 6.45) is 5.25. The van der Waals surface area contributed by atoms with Crippen LogP contribution in [-0.2, 0) is 12.8 Å². The fraction of sp³-hybridized carbons (Fsp3) is 0.231. The Hall–Kier alpha value is -3.61. The Bertz CT molecular complexity index is 1210. The number of hydrogen-bond acceptors (Lipinski definition) is 4. The van der Waals surface area contributed by atoms with Crippen molar-refractivity contribution in [2.75, 3.05) is 6.61 Å². The summed E-state index contributed by atoms with van der Waals surface area (Å²) in [7, 11) is 0. The van der Waals surface area contributed by atoms with Crippen LogP contribution in [0.2, 0.25) is 0 Å². The molecule has 0 spiro atoms. The molecule has 0 saturated heterocycles. The smallest absolute Gasteiger partial charge is 0.387 e. The molecule has 0 unspecified atom stereocenters. The second kappa shape index (κ2) is 10.3. The number of hydrogen-bond donors (Lipinski definition) is 0. The lowest BCUT2D eigenvalue weighted by Crippen LogP contribution is -2.02. The Balaban J connectivity index is 1.47. The minimum atomic E-state index is -2.85. The average molecular weight is 452 g/mol. The highest BCUT2D eigenvalue weighted by Crippen LogP contribution is 2.27. The predicted molar refractivity (Wildman–Crippen MR) is 121 cm³/mol. The third-order valence-corrected chi connectivity index (χ3v) is 5.22. The molecular weight excluding hydrogens is 429 g/mol. The van der Waals surface area contributed by atoms with E-state index in [0.717, 1.165) is 22.9 Å². The van der Waals surface area contributed by atoms with Crippen molar-refractivity contribution in [3.05, 3.63) is 83.9 Å². The van der Waals surface area contributed by atoms with Gasteiger partial charge >= 0.3 is 6.61 Å². The number of rotatable bonds is 9. The quantitative estimate of drug-likeness (QED) is 0.287. The van der Waals surface area contributed by atoms with Gasteiger partial charge in [0, 0.05) is 10.9 Å². The van der Waals surface area contributed by atoms with Crippen molar-refractivity contribution in [3.8, 4) is 22.9 Å². The molecule has 4 nitrogen and oxygen atoms in total. The van der Waals surface area contributed by atoms with Crippen LogP contribution in [0.25, 0.3) is 22.2 Å². The molecule has 0 atom stereocenters. The molecule has 0 aliphatic carbocycles. The van der Waals surface area contributed by atoms with Crippen molar-refractivity contribution in [2.45, 2.75) is 32.8 Å². The first-order valence-corrected chi connectivity index (χ1v) is 10.7. The Morgan fingerprint density at radius 1 is 0.879 bits per heavy atom. The summed E-state index contributed by atoms with van der Waals surface area (Å²) in [6.45, 7) is -0.215. The normalized spacial score (nSPS) is 11.2. The molecule has 0 radical (unpaired) electrons. The first-order valence-electron chi connectivity index (χ1n) is 10.7. The first-order chi connectivity index (χ1) is 16.0. The fourth-order valence-electron chi connectivity index (χ4n) is 3.55. The third-order valence-electron chi connectivity index (χ3n) is 5.22. The van der Waals surface area contributed by atoms with E-state index in [4.69, 9.17) is 4.74 Å². The van der Waals surface area contributed by atoms with E-state index in [-0.39, 0.29) is 11.6 Å². The average Bonchev–Trinajstić information content (AvgIpc) is 2.83. The lowest BCUT2D eigenvalue weighted by atomic mass is 9.99. The summed E-state index contributed by atoms with van der Waals surface area (Å²) < 4.78 is 49.5. The van der Waals surface area contributed by atoms with Gasteiger partial charge in [0.25, 0.3) is 0 Å². The van der Waals surface area contributed by atoms with Gasteiger partial charge in [-0.1, -0.05) is 43.3 Å². The van der Waals surface area contributed by atoms with Gasteiger partial charge in [-0.3, -0.25) is 0 Å². The van der Waals surface area contributed by atoms with Crippen LogP contribution in [0, 0.1) is 5.82 Å². The minimum Gasteiger partial charge on any atom is -0.490 e. The standard InChI is InChI=1S/C26H23F3N2O2/c1-2-13-32-22-15-30-25(31-16-22)20-9-12-23-19(14-20)8-7-18(24(23)27)6-3-17-4-10-21(11-5-17)33-26(28)29/h4-5,7-12,14-16,26H,2-3,6,13H2,1H3.